The van der Waals surface area contributed by atoms with Gasteiger partial charge in [0, 0.05) is 13.1 Å². The largest absolute Gasteiger partial charge is 0.497 e. The van der Waals surface area contributed by atoms with E-state index < -0.39 is 24.9 Å². The monoisotopic (exact) mass is 564 g/mol. The minimum Gasteiger partial charge on any atom is -0.497 e. The highest BCUT2D eigenvalue weighted by atomic mass is 32.1. The lowest BCUT2D eigenvalue weighted by molar-refractivity contribution is -0.0549. The molecule has 2 aromatic carbocycles. The number of benzene rings is 2. The second-order valence-electron chi connectivity index (χ2n) is 7.77. The Morgan fingerprint density at radius 2 is 1.32 bits per heavy atom. The maximum atomic E-state index is 10.5. The van der Waals surface area contributed by atoms with E-state index in [1.54, 1.807) is 14.2 Å². The molecule has 0 amide bonds. The summed E-state index contributed by atoms with van der Waals surface area (Å²) in [4.78, 5) is 0. The summed E-state index contributed by atoms with van der Waals surface area (Å²) in [6.07, 6.45) is -3.96. The Kier molecular flexibility index (Phi) is 13.3. The molecule has 0 aliphatic heterocycles. The molecule has 3 unspecified atom stereocenters. The first-order valence-corrected chi connectivity index (χ1v) is 12.2. The van der Waals surface area contributed by atoms with Crippen LogP contribution in [-0.4, -0.2) is 81.7 Å². The van der Waals surface area contributed by atoms with Crippen molar-refractivity contribution in [2.75, 3.05) is 20.8 Å². The number of methoxy groups -OCH3 is 2. The average molecular weight is 565 g/mol. The molecule has 0 bridgehead atoms. The van der Waals surface area contributed by atoms with Gasteiger partial charge in [-0.3, -0.25) is 10.9 Å². The van der Waals surface area contributed by atoms with Crippen molar-refractivity contribution in [3.05, 3.63) is 59.7 Å². The number of ether oxygens (including phenoxy) is 2. The zero-order chi connectivity index (χ0) is 27.9. The van der Waals surface area contributed by atoms with Gasteiger partial charge in [0.05, 0.1) is 27.0 Å². The molecule has 12 nitrogen and oxygen atoms in total. The predicted molar refractivity (Wildman–Crippen MR) is 152 cm³/mol. The van der Waals surface area contributed by atoms with E-state index in [4.69, 9.17) is 39.0 Å². The van der Waals surface area contributed by atoms with E-state index in [0.29, 0.717) is 13.1 Å². The fourth-order valence-electron chi connectivity index (χ4n) is 2.87. The summed E-state index contributed by atoms with van der Waals surface area (Å²) in [7, 11) is 3.17. The van der Waals surface area contributed by atoms with Gasteiger partial charge in [0.2, 0.25) is 0 Å². The van der Waals surface area contributed by atoms with Crippen molar-refractivity contribution in [1.82, 2.24) is 21.5 Å². The average Bonchev–Trinajstić information content (AvgIpc) is 2.95. The van der Waals surface area contributed by atoms with Crippen LogP contribution >= 0.6 is 24.4 Å². The second kappa shape index (κ2) is 16.4. The quantitative estimate of drug-likeness (QED) is 0.0912. The van der Waals surface area contributed by atoms with Crippen molar-refractivity contribution in [1.29, 1.82) is 0 Å². The maximum absolute atomic E-state index is 10.5. The van der Waals surface area contributed by atoms with Crippen LogP contribution in [0.2, 0.25) is 0 Å². The predicted octanol–water partition coefficient (Wildman–Crippen LogP) is -0.251. The van der Waals surface area contributed by atoms with Gasteiger partial charge >= 0.3 is 0 Å². The Bertz CT molecular complexity index is 1080. The third-order valence-corrected chi connectivity index (χ3v) is 5.55. The van der Waals surface area contributed by atoms with Crippen LogP contribution in [0, 0.1) is 0 Å². The molecule has 0 fully saturated rings. The molecular formula is C24H32N6O6S2. The molecule has 2 rings (SSSR count). The number of hydrogen-bond acceptors (Lipinski definition) is 10. The van der Waals surface area contributed by atoms with Crippen molar-refractivity contribution < 1.29 is 29.9 Å². The van der Waals surface area contributed by atoms with Crippen LogP contribution in [-0.2, 0) is 13.1 Å². The van der Waals surface area contributed by atoms with E-state index in [9.17, 15) is 15.3 Å². The van der Waals surface area contributed by atoms with Crippen LogP contribution in [0.25, 0.3) is 0 Å². The smallest absolute Gasteiger partial charge is 0.187 e. The van der Waals surface area contributed by atoms with E-state index in [-0.39, 0.29) is 15.9 Å². The van der Waals surface area contributed by atoms with Gasteiger partial charge in [-0.2, -0.15) is 10.2 Å². The molecule has 2 aromatic rings. The number of thiocarbonyl (C=S) groups is 2. The highest BCUT2D eigenvalue weighted by molar-refractivity contribution is 7.80. The lowest BCUT2D eigenvalue weighted by Crippen LogP contribution is -2.45. The van der Waals surface area contributed by atoms with E-state index in [0.717, 1.165) is 28.8 Å². The maximum Gasteiger partial charge on any atom is 0.187 e. The number of aliphatic hydroxyl groups excluding tert-OH is 4. The molecule has 8 N–H and O–H groups in total. The molecule has 0 radical (unpaired) electrons. The summed E-state index contributed by atoms with van der Waals surface area (Å²) in [5.41, 5.74) is 6.83. The van der Waals surface area contributed by atoms with Gasteiger partial charge in [-0.1, -0.05) is 24.3 Å². The van der Waals surface area contributed by atoms with Crippen LogP contribution in [0.4, 0.5) is 0 Å². The van der Waals surface area contributed by atoms with E-state index in [2.05, 4.69) is 31.7 Å². The highest BCUT2D eigenvalue weighted by Crippen LogP contribution is 2.11. The molecule has 3 atom stereocenters. The van der Waals surface area contributed by atoms with Crippen molar-refractivity contribution in [2.24, 2.45) is 10.2 Å². The van der Waals surface area contributed by atoms with Crippen molar-refractivity contribution >= 4 is 46.6 Å². The van der Waals surface area contributed by atoms with Crippen molar-refractivity contribution in [3.8, 4) is 11.5 Å². The fourth-order valence-corrected chi connectivity index (χ4v) is 3.11. The Morgan fingerprint density at radius 3 is 1.76 bits per heavy atom. The number of rotatable bonds is 13. The van der Waals surface area contributed by atoms with Gasteiger partial charge in [0.1, 0.15) is 35.5 Å². The van der Waals surface area contributed by atoms with Gasteiger partial charge in [0.25, 0.3) is 0 Å². The minimum atomic E-state index is -1.74. The molecule has 0 aliphatic rings. The van der Waals surface area contributed by atoms with E-state index in [1.807, 2.05) is 48.5 Å². The normalized spacial score (nSPS) is 13.8. The minimum absolute atomic E-state index is 0.126. The lowest BCUT2D eigenvalue weighted by Gasteiger charge is -2.21. The third-order valence-electron chi connectivity index (χ3n) is 5.08. The first kappa shape index (κ1) is 30.8. The highest BCUT2D eigenvalue weighted by Gasteiger charge is 2.28. The molecule has 0 aromatic heterocycles. The summed E-state index contributed by atoms with van der Waals surface area (Å²) in [6.45, 7) is 0.0421. The van der Waals surface area contributed by atoms with Crippen molar-refractivity contribution in [3.63, 3.8) is 0 Å². The van der Waals surface area contributed by atoms with Gasteiger partial charge in [0.15, 0.2) is 10.2 Å². The van der Waals surface area contributed by atoms with Crippen LogP contribution in [0.15, 0.2) is 58.7 Å². The lowest BCUT2D eigenvalue weighted by atomic mass is 10.0. The van der Waals surface area contributed by atoms with Crippen LogP contribution < -0.4 is 31.0 Å². The number of hydrazone groups is 2. The summed E-state index contributed by atoms with van der Waals surface area (Å²) < 4.78 is 10.3. The zero-order valence-electron chi connectivity index (χ0n) is 20.9. The molecule has 0 saturated carbocycles. The summed E-state index contributed by atoms with van der Waals surface area (Å²) in [5.74, 6) is 1.46. The molecule has 0 saturated heterocycles. The third kappa shape index (κ3) is 10.5. The van der Waals surface area contributed by atoms with Crippen LogP contribution in [0.3, 0.4) is 0 Å². The first-order valence-electron chi connectivity index (χ1n) is 11.4. The molecule has 206 valence electrons. The molecule has 0 aliphatic carbocycles. The zero-order valence-corrected chi connectivity index (χ0v) is 22.5. The standard InChI is InChI=1S/C24H32N6O6S2/c1-35-17-7-3-15(4-8-17)11-25-23(37)29-27-13-19(21(33)22(34)20(32)14-31)28-30-24(38)26-12-16-5-9-18(36-2)10-6-16/h3-10,13,20-22,31-34H,11-12,14H2,1-2H3,(H2,25,29,37)(H2,26,30,38)/b27-13-,28-19?. The Balaban J connectivity index is 1.97. The number of aliphatic hydroxyl groups is 4. The van der Waals surface area contributed by atoms with Gasteiger partial charge in [-0.15, -0.1) is 0 Å². The fraction of sp³-hybridized carbons (Fsp3) is 0.333. The summed E-state index contributed by atoms with van der Waals surface area (Å²) >= 11 is 10.4. The number of nitrogens with zero attached hydrogens (tertiary/aromatic N) is 2. The summed E-state index contributed by atoms with van der Waals surface area (Å²) in [5, 5.41) is 53.5. The first-order chi connectivity index (χ1) is 18.3. The van der Waals surface area contributed by atoms with Crippen LogP contribution in [0.1, 0.15) is 11.1 Å². The second-order valence-corrected chi connectivity index (χ2v) is 8.58. The van der Waals surface area contributed by atoms with Gasteiger partial charge in [-0.05, 0) is 59.8 Å². The molecule has 38 heavy (non-hydrogen) atoms. The van der Waals surface area contributed by atoms with Gasteiger partial charge < -0.3 is 40.5 Å². The Morgan fingerprint density at radius 1 is 0.842 bits per heavy atom. The van der Waals surface area contributed by atoms with Crippen molar-refractivity contribution in [2.45, 2.75) is 31.4 Å². The van der Waals surface area contributed by atoms with E-state index >= 15 is 0 Å². The molecule has 0 heterocycles. The Hall–Kier alpha value is -3.40. The van der Waals surface area contributed by atoms with Gasteiger partial charge in [-0.25, -0.2) is 0 Å². The topological polar surface area (TPSA) is 172 Å². The van der Waals surface area contributed by atoms with Crippen LogP contribution in [0.5, 0.6) is 11.5 Å². The molecule has 14 heteroatoms. The number of hydrogen-bond donors (Lipinski definition) is 8. The summed E-state index contributed by atoms with van der Waals surface area (Å²) in [6, 6.07) is 14.8. The Labute approximate surface area is 231 Å². The SMILES string of the molecule is COc1ccc(CNC(=S)NN=C(/C=N\NC(=S)NCc2ccc(OC)cc2)C(O)C(O)C(O)CO)cc1. The molecule has 0 spiro atoms. The number of nitrogens with one attached hydrogen (secondary N) is 4. The van der Waals surface area contributed by atoms with E-state index in [1.165, 1.54) is 0 Å². The molecular weight excluding hydrogens is 532 g/mol.